The average Bonchev–Trinajstić information content (AvgIpc) is 2.68. The van der Waals surface area contributed by atoms with Gasteiger partial charge in [0.2, 0.25) is 5.95 Å². The number of anilines is 1. The molecule has 1 N–H and O–H groups in total. The third-order valence-electron chi connectivity index (χ3n) is 4.62. The van der Waals surface area contributed by atoms with Gasteiger partial charge in [0.05, 0.1) is 11.3 Å². The van der Waals surface area contributed by atoms with Gasteiger partial charge in [-0.3, -0.25) is 14.9 Å². The van der Waals surface area contributed by atoms with Gasteiger partial charge >= 0.3 is 0 Å². The number of Topliss-reactive ketones (excluding diaryl/α,β-unsaturated/α-hetero) is 1. The van der Waals surface area contributed by atoms with Crippen LogP contribution in [0.2, 0.25) is 5.02 Å². The number of amides is 1. The number of halogens is 1. The van der Waals surface area contributed by atoms with Crippen LogP contribution in [0.4, 0.5) is 5.95 Å². The normalized spacial score (nSPS) is 15.9. The third kappa shape index (κ3) is 3.73. The van der Waals surface area contributed by atoms with Crippen LogP contribution in [0.5, 0.6) is 0 Å². The first-order valence-corrected chi connectivity index (χ1v) is 8.99. The van der Waals surface area contributed by atoms with Crippen molar-refractivity contribution in [1.29, 1.82) is 0 Å². The first-order valence-electron chi connectivity index (χ1n) is 8.61. The minimum absolute atomic E-state index is 0.00200. The monoisotopic (exact) mass is 377 g/mol. The van der Waals surface area contributed by atoms with E-state index in [0.717, 1.165) is 5.56 Å². The number of fused-ring (bicyclic) bond motifs is 1. The maximum atomic E-state index is 12.5. The van der Waals surface area contributed by atoms with Crippen LogP contribution in [-0.2, 0) is 6.42 Å². The zero-order valence-electron chi connectivity index (χ0n) is 14.4. The lowest BCUT2D eigenvalue weighted by Gasteiger charge is -2.23. The second-order valence-corrected chi connectivity index (χ2v) is 6.89. The minimum Gasteiger partial charge on any atom is -0.294 e. The Hall–Kier alpha value is -3.05. The van der Waals surface area contributed by atoms with Crippen molar-refractivity contribution in [3.8, 4) is 0 Å². The standard InChI is InChI=1S/C21H16ClN3O2/c22-16-8-4-7-14(9-16)15-10-18-17(19(26)11-15)12-23-21(24-18)25-20(27)13-5-2-1-3-6-13/h1-9,12,15H,10-11H2,(H,23,24,25,27)/t15-/m0/s1. The lowest BCUT2D eigenvalue weighted by atomic mass is 9.82. The summed E-state index contributed by atoms with van der Waals surface area (Å²) in [6.07, 6.45) is 2.49. The van der Waals surface area contributed by atoms with E-state index in [2.05, 4.69) is 15.3 Å². The highest BCUT2D eigenvalue weighted by atomic mass is 35.5. The summed E-state index contributed by atoms with van der Waals surface area (Å²) >= 11 is 6.08. The summed E-state index contributed by atoms with van der Waals surface area (Å²) in [5.41, 5.74) is 2.70. The predicted octanol–water partition coefficient (Wildman–Crippen LogP) is 4.30. The second-order valence-electron chi connectivity index (χ2n) is 6.46. The third-order valence-corrected chi connectivity index (χ3v) is 4.86. The molecular weight excluding hydrogens is 362 g/mol. The lowest BCUT2D eigenvalue weighted by Crippen LogP contribution is -2.22. The number of nitrogens with one attached hydrogen (secondary N) is 1. The van der Waals surface area contributed by atoms with Crippen LogP contribution in [0.15, 0.2) is 60.8 Å². The summed E-state index contributed by atoms with van der Waals surface area (Å²) in [6, 6.07) is 16.4. The van der Waals surface area contributed by atoms with Gasteiger partial charge in [-0.1, -0.05) is 41.9 Å². The Labute approximate surface area is 161 Å². The van der Waals surface area contributed by atoms with Gasteiger partial charge in [-0.15, -0.1) is 0 Å². The van der Waals surface area contributed by atoms with Gasteiger partial charge in [-0.05, 0) is 42.2 Å². The minimum atomic E-state index is -0.288. The summed E-state index contributed by atoms with van der Waals surface area (Å²) in [7, 11) is 0. The molecule has 0 saturated heterocycles. The SMILES string of the molecule is O=C(Nc1ncc2c(n1)C[C@H](c1cccc(Cl)c1)CC2=O)c1ccccc1. The van der Waals surface area contributed by atoms with Crippen molar-refractivity contribution in [1.82, 2.24) is 9.97 Å². The van der Waals surface area contributed by atoms with Crippen molar-refractivity contribution < 1.29 is 9.59 Å². The first-order chi connectivity index (χ1) is 13.1. The zero-order chi connectivity index (χ0) is 18.8. The fourth-order valence-electron chi connectivity index (χ4n) is 3.26. The van der Waals surface area contributed by atoms with Crippen molar-refractivity contribution in [2.24, 2.45) is 0 Å². The molecule has 0 spiro atoms. The molecule has 5 nitrogen and oxygen atoms in total. The molecular formula is C21H16ClN3O2. The molecule has 2 aromatic carbocycles. The Bertz CT molecular complexity index is 1020. The molecule has 0 unspecified atom stereocenters. The molecule has 0 aliphatic heterocycles. The predicted molar refractivity (Wildman–Crippen MR) is 103 cm³/mol. The number of carbonyl (C=O) groups excluding carboxylic acids is 2. The highest BCUT2D eigenvalue weighted by molar-refractivity contribution is 6.30. The maximum Gasteiger partial charge on any atom is 0.258 e. The maximum absolute atomic E-state index is 12.5. The van der Waals surface area contributed by atoms with Crippen molar-refractivity contribution in [2.75, 3.05) is 5.32 Å². The molecule has 134 valence electrons. The molecule has 0 fully saturated rings. The molecule has 1 aliphatic carbocycles. The second kappa shape index (κ2) is 7.29. The van der Waals surface area contributed by atoms with E-state index in [4.69, 9.17) is 11.6 Å². The Morgan fingerprint density at radius 1 is 1.07 bits per heavy atom. The number of aromatic nitrogens is 2. The molecule has 1 aromatic heterocycles. The summed E-state index contributed by atoms with van der Waals surface area (Å²) in [5, 5.41) is 3.34. The number of hydrogen-bond acceptors (Lipinski definition) is 4. The van der Waals surface area contributed by atoms with Gasteiger partial charge in [0.15, 0.2) is 5.78 Å². The molecule has 1 heterocycles. The largest absolute Gasteiger partial charge is 0.294 e. The molecule has 4 rings (SSSR count). The van der Waals surface area contributed by atoms with Gasteiger partial charge in [0.1, 0.15) is 0 Å². The molecule has 3 aromatic rings. The number of hydrogen-bond donors (Lipinski definition) is 1. The molecule has 1 amide bonds. The Morgan fingerprint density at radius 2 is 1.89 bits per heavy atom. The van der Waals surface area contributed by atoms with Crippen LogP contribution in [0.1, 0.15) is 44.3 Å². The number of benzene rings is 2. The first kappa shape index (κ1) is 17.4. The summed E-state index contributed by atoms with van der Waals surface area (Å²) < 4.78 is 0. The summed E-state index contributed by atoms with van der Waals surface area (Å²) in [5.74, 6) is -0.0790. The Balaban J connectivity index is 1.59. The van der Waals surface area contributed by atoms with Crippen LogP contribution in [0.3, 0.4) is 0 Å². The van der Waals surface area contributed by atoms with Gasteiger partial charge in [-0.25, -0.2) is 9.97 Å². The molecule has 0 saturated carbocycles. The van der Waals surface area contributed by atoms with E-state index in [1.54, 1.807) is 24.3 Å². The van der Waals surface area contributed by atoms with E-state index in [-0.39, 0.29) is 23.6 Å². The van der Waals surface area contributed by atoms with Crippen LogP contribution in [0.25, 0.3) is 0 Å². The average molecular weight is 378 g/mol. The van der Waals surface area contributed by atoms with E-state index in [1.807, 2.05) is 30.3 Å². The van der Waals surface area contributed by atoms with Crippen molar-refractivity contribution in [2.45, 2.75) is 18.8 Å². The van der Waals surface area contributed by atoms with Crippen molar-refractivity contribution in [3.05, 3.63) is 88.2 Å². The van der Waals surface area contributed by atoms with E-state index in [0.29, 0.717) is 34.7 Å². The molecule has 6 heteroatoms. The number of nitrogens with zero attached hydrogens (tertiary/aromatic N) is 2. The van der Waals surface area contributed by atoms with E-state index in [9.17, 15) is 9.59 Å². The van der Waals surface area contributed by atoms with E-state index >= 15 is 0 Å². The van der Waals surface area contributed by atoms with E-state index in [1.165, 1.54) is 6.20 Å². The highest BCUT2D eigenvalue weighted by Crippen LogP contribution is 2.32. The highest BCUT2D eigenvalue weighted by Gasteiger charge is 2.28. The van der Waals surface area contributed by atoms with E-state index < -0.39 is 0 Å². The van der Waals surface area contributed by atoms with Gasteiger partial charge in [0, 0.05) is 23.2 Å². The fourth-order valence-corrected chi connectivity index (χ4v) is 3.46. The van der Waals surface area contributed by atoms with Crippen LogP contribution >= 0.6 is 11.6 Å². The van der Waals surface area contributed by atoms with Crippen molar-refractivity contribution >= 4 is 29.2 Å². The lowest BCUT2D eigenvalue weighted by molar-refractivity contribution is 0.0962. The number of rotatable bonds is 3. The van der Waals surface area contributed by atoms with Crippen LogP contribution < -0.4 is 5.32 Å². The topological polar surface area (TPSA) is 72.0 Å². The van der Waals surface area contributed by atoms with Gasteiger partial charge in [0.25, 0.3) is 5.91 Å². The summed E-state index contributed by atoms with van der Waals surface area (Å²) in [6.45, 7) is 0. The van der Waals surface area contributed by atoms with Crippen molar-refractivity contribution in [3.63, 3.8) is 0 Å². The summed E-state index contributed by atoms with van der Waals surface area (Å²) in [4.78, 5) is 33.4. The molecule has 0 bridgehead atoms. The fraction of sp³-hybridized carbons (Fsp3) is 0.143. The molecule has 1 atom stereocenters. The Morgan fingerprint density at radius 3 is 2.67 bits per heavy atom. The Kier molecular flexibility index (Phi) is 4.69. The molecule has 0 radical (unpaired) electrons. The quantitative estimate of drug-likeness (QED) is 0.738. The zero-order valence-corrected chi connectivity index (χ0v) is 15.1. The van der Waals surface area contributed by atoms with Crippen LogP contribution in [0, 0.1) is 0 Å². The molecule has 1 aliphatic rings. The van der Waals surface area contributed by atoms with Gasteiger partial charge < -0.3 is 0 Å². The smallest absolute Gasteiger partial charge is 0.258 e. The number of ketones is 1. The number of carbonyl (C=O) groups is 2. The van der Waals surface area contributed by atoms with Crippen LogP contribution in [-0.4, -0.2) is 21.7 Å². The molecule has 27 heavy (non-hydrogen) atoms. The van der Waals surface area contributed by atoms with Gasteiger partial charge in [-0.2, -0.15) is 0 Å².